The molecule has 0 amide bonds. The summed E-state index contributed by atoms with van der Waals surface area (Å²) in [6.45, 7) is 2.77. The average molecular weight is 256 g/mol. The molecule has 0 radical (unpaired) electrons. The van der Waals surface area contributed by atoms with Gasteiger partial charge in [0.15, 0.2) is 5.82 Å². The van der Waals surface area contributed by atoms with Crippen LogP contribution >= 0.6 is 11.6 Å². The van der Waals surface area contributed by atoms with Gasteiger partial charge < -0.3 is 15.4 Å². The molecule has 0 aromatic carbocycles. The van der Waals surface area contributed by atoms with Gasteiger partial charge in [-0.2, -0.15) is 0 Å². The monoisotopic (exact) mass is 255 g/mol. The molecule has 0 unspecified atom stereocenters. The lowest BCUT2D eigenvalue weighted by atomic mass is 9.98. The SMILES string of the molecule is COCC1CCN(c2nc(Cl)ccc2N)CC1. The number of rotatable bonds is 3. The number of ether oxygens (including phenoxy) is 1. The standard InChI is InChI=1S/C12H18ClN3O/c1-17-8-9-4-6-16(7-5-9)12-10(14)2-3-11(13)15-12/h2-3,9H,4-8,14H2,1H3. The normalized spacial score (nSPS) is 17.4. The second-order valence-corrected chi connectivity index (χ2v) is 4.82. The third kappa shape index (κ3) is 3.01. The van der Waals surface area contributed by atoms with Gasteiger partial charge in [0, 0.05) is 26.8 Å². The number of nitrogen functional groups attached to an aromatic ring is 1. The van der Waals surface area contributed by atoms with Crippen molar-refractivity contribution in [3.05, 3.63) is 17.3 Å². The lowest BCUT2D eigenvalue weighted by molar-refractivity contribution is 0.139. The van der Waals surface area contributed by atoms with Gasteiger partial charge in [-0.25, -0.2) is 4.98 Å². The van der Waals surface area contributed by atoms with Gasteiger partial charge in [0.25, 0.3) is 0 Å². The van der Waals surface area contributed by atoms with E-state index in [1.165, 1.54) is 0 Å². The van der Waals surface area contributed by atoms with Crippen LogP contribution in [0.4, 0.5) is 11.5 Å². The van der Waals surface area contributed by atoms with Crippen LogP contribution in [0.25, 0.3) is 0 Å². The molecule has 0 atom stereocenters. The fraction of sp³-hybridized carbons (Fsp3) is 0.583. The molecule has 0 spiro atoms. The molecule has 1 aliphatic heterocycles. The van der Waals surface area contributed by atoms with E-state index in [0.29, 0.717) is 16.8 Å². The number of pyridine rings is 1. The summed E-state index contributed by atoms with van der Waals surface area (Å²) in [4.78, 5) is 6.50. The van der Waals surface area contributed by atoms with Gasteiger partial charge >= 0.3 is 0 Å². The molecule has 2 N–H and O–H groups in total. The Bertz CT molecular complexity index is 378. The molecule has 0 bridgehead atoms. The number of hydrogen-bond acceptors (Lipinski definition) is 4. The highest BCUT2D eigenvalue weighted by Crippen LogP contribution is 2.27. The van der Waals surface area contributed by atoms with Crippen LogP contribution in [0.3, 0.4) is 0 Å². The number of methoxy groups -OCH3 is 1. The number of piperidine rings is 1. The summed E-state index contributed by atoms with van der Waals surface area (Å²) in [5.41, 5.74) is 6.62. The number of nitrogens with zero attached hydrogens (tertiary/aromatic N) is 2. The summed E-state index contributed by atoms with van der Waals surface area (Å²) in [6.07, 6.45) is 2.23. The van der Waals surface area contributed by atoms with E-state index in [2.05, 4.69) is 9.88 Å². The zero-order valence-electron chi connectivity index (χ0n) is 10.0. The number of nitrogens with two attached hydrogens (primary N) is 1. The quantitative estimate of drug-likeness (QED) is 0.842. The summed E-state index contributed by atoms with van der Waals surface area (Å²) in [7, 11) is 1.75. The van der Waals surface area contributed by atoms with Crippen molar-refractivity contribution < 1.29 is 4.74 Å². The van der Waals surface area contributed by atoms with Crippen molar-refractivity contribution in [2.24, 2.45) is 5.92 Å². The maximum atomic E-state index is 5.93. The number of aromatic nitrogens is 1. The van der Waals surface area contributed by atoms with Gasteiger partial charge in [0.05, 0.1) is 5.69 Å². The molecule has 4 nitrogen and oxygen atoms in total. The van der Waals surface area contributed by atoms with Crippen molar-refractivity contribution in [1.29, 1.82) is 0 Å². The lowest BCUT2D eigenvalue weighted by Gasteiger charge is -2.33. The number of hydrogen-bond donors (Lipinski definition) is 1. The van der Waals surface area contributed by atoms with Gasteiger partial charge in [-0.05, 0) is 30.9 Å². The predicted octanol–water partition coefficient (Wildman–Crippen LogP) is 2.18. The van der Waals surface area contributed by atoms with Crippen LogP contribution in [0, 0.1) is 5.92 Å². The third-order valence-corrected chi connectivity index (χ3v) is 3.40. The molecule has 0 aliphatic carbocycles. The second kappa shape index (κ2) is 5.56. The van der Waals surface area contributed by atoms with Crippen LogP contribution in [0.15, 0.2) is 12.1 Å². The minimum absolute atomic E-state index is 0.494. The summed E-state index contributed by atoms with van der Waals surface area (Å²) in [6, 6.07) is 3.53. The van der Waals surface area contributed by atoms with Crippen LogP contribution in [0.1, 0.15) is 12.8 Å². The molecule has 2 heterocycles. The zero-order chi connectivity index (χ0) is 12.3. The van der Waals surface area contributed by atoms with Crippen molar-refractivity contribution in [3.63, 3.8) is 0 Å². The third-order valence-electron chi connectivity index (χ3n) is 3.19. The van der Waals surface area contributed by atoms with Crippen LogP contribution in [0.5, 0.6) is 0 Å². The number of halogens is 1. The Morgan fingerprint density at radius 2 is 2.18 bits per heavy atom. The highest BCUT2D eigenvalue weighted by atomic mass is 35.5. The van der Waals surface area contributed by atoms with Crippen LogP contribution < -0.4 is 10.6 Å². The van der Waals surface area contributed by atoms with Crippen molar-refractivity contribution in [2.45, 2.75) is 12.8 Å². The fourth-order valence-electron chi connectivity index (χ4n) is 2.24. The first-order chi connectivity index (χ1) is 8.20. The summed E-state index contributed by atoms with van der Waals surface area (Å²) in [5, 5.41) is 0.494. The average Bonchev–Trinajstić information content (AvgIpc) is 2.34. The smallest absolute Gasteiger partial charge is 0.153 e. The summed E-state index contributed by atoms with van der Waals surface area (Å²) < 4.78 is 5.19. The number of anilines is 2. The Morgan fingerprint density at radius 3 is 2.82 bits per heavy atom. The molecule has 1 saturated heterocycles. The Morgan fingerprint density at radius 1 is 1.47 bits per heavy atom. The molecule has 5 heteroatoms. The van der Waals surface area contributed by atoms with E-state index in [1.807, 2.05) is 6.07 Å². The molecule has 94 valence electrons. The van der Waals surface area contributed by atoms with Crippen molar-refractivity contribution in [1.82, 2.24) is 4.98 Å². The maximum Gasteiger partial charge on any atom is 0.153 e. The van der Waals surface area contributed by atoms with Gasteiger partial charge in [0.1, 0.15) is 5.15 Å². The molecule has 0 saturated carbocycles. The molecule has 2 rings (SSSR count). The zero-order valence-corrected chi connectivity index (χ0v) is 10.8. The highest BCUT2D eigenvalue weighted by Gasteiger charge is 2.21. The van der Waals surface area contributed by atoms with Crippen molar-refractivity contribution in [3.8, 4) is 0 Å². The van der Waals surface area contributed by atoms with Crippen molar-refractivity contribution >= 4 is 23.1 Å². The van der Waals surface area contributed by atoms with E-state index in [-0.39, 0.29) is 0 Å². The predicted molar refractivity (Wildman–Crippen MR) is 70.5 cm³/mol. The van der Waals surface area contributed by atoms with Gasteiger partial charge in [-0.1, -0.05) is 11.6 Å². The van der Waals surface area contributed by atoms with E-state index >= 15 is 0 Å². The lowest BCUT2D eigenvalue weighted by Crippen LogP contribution is -2.36. The molecule has 17 heavy (non-hydrogen) atoms. The second-order valence-electron chi connectivity index (χ2n) is 4.43. The maximum absolute atomic E-state index is 5.93. The van der Waals surface area contributed by atoms with E-state index < -0.39 is 0 Å². The van der Waals surface area contributed by atoms with E-state index in [0.717, 1.165) is 38.4 Å². The molecule has 1 fully saturated rings. The topological polar surface area (TPSA) is 51.4 Å². The first kappa shape index (κ1) is 12.5. The highest BCUT2D eigenvalue weighted by molar-refractivity contribution is 6.29. The minimum atomic E-state index is 0.494. The Hall–Kier alpha value is -1.00. The largest absolute Gasteiger partial charge is 0.396 e. The van der Waals surface area contributed by atoms with Crippen LogP contribution in [-0.2, 0) is 4.74 Å². The molecule has 1 aromatic heterocycles. The van der Waals surface area contributed by atoms with E-state index in [1.54, 1.807) is 13.2 Å². The van der Waals surface area contributed by atoms with E-state index in [9.17, 15) is 0 Å². The Labute approximate surface area is 107 Å². The summed E-state index contributed by atoms with van der Waals surface area (Å²) >= 11 is 5.90. The van der Waals surface area contributed by atoms with Crippen LogP contribution in [0.2, 0.25) is 5.15 Å². The van der Waals surface area contributed by atoms with Crippen molar-refractivity contribution in [2.75, 3.05) is 37.4 Å². The molecule has 1 aliphatic rings. The first-order valence-corrected chi connectivity index (χ1v) is 6.24. The van der Waals surface area contributed by atoms with E-state index in [4.69, 9.17) is 22.1 Å². The summed E-state index contributed by atoms with van der Waals surface area (Å²) in [5.74, 6) is 1.46. The van der Waals surface area contributed by atoms with Gasteiger partial charge in [0.2, 0.25) is 0 Å². The van der Waals surface area contributed by atoms with Gasteiger partial charge in [-0.3, -0.25) is 0 Å². The molecular formula is C12H18ClN3O. The van der Waals surface area contributed by atoms with Crippen LogP contribution in [-0.4, -0.2) is 31.8 Å². The fourth-order valence-corrected chi connectivity index (χ4v) is 2.38. The Balaban J connectivity index is 2.02. The molecular weight excluding hydrogens is 238 g/mol. The minimum Gasteiger partial charge on any atom is -0.396 e. The first-order valence-electron chi connectivity index (χ1n) is 5.86. The Kier molecular flexibility index (Phi) is 4.07. The molecule has 1 aromatic rings. The van der Waals surface area contributed by atoms with Gasteiger partial charge in [-0.15, -0.1) is 0 Å².